The molecule has 4 rings (SSSR count). The highest BCUT2D eigenvalue weighted by molar-refractivity contribution is 5.81. The summed E-state index contributed by atoms with van der Waals surface area (Å²) in [7, 11) is 0. The van der Waals surface area contributed by atoms with Gasteiger partial charge in [0.2, 0.25) is 0 Å². The van der Waals surface area contributed by atoms with Crippen LogP contribution in [0, 0.1) is 0 Å². The Morgan fingerprint density at radius 3 is 1.77 bits per heavy atom. The van der Waals surface area contributed by atoms with Crippen molar-refractivity contribution in [3.8, 4) is 28.4 Å². The normalized spacial score (nSPS) is 12.9. The molecule has 0 fully saturated rings. The molecule has 0 saturated carbocycles. The summed E-state index contributed by atoms with van der Waals surface area (Å²) in [5.41, 5.74) is 4.86. The summed E-state index contributed by atoms with van der Waals surface area (Å²) in [5.74, 6) is -0.760. The third-order valence-electron chi connectivity index (χ3n) is 4.25. The van der Waals surface area contributed by atoms with E-state index < -0.39 is 0 Å². The van der Waals surface area contributed by atoms with E-state index in [1.165, 1.54) is 6.07 Å². The summed E-state index contributed by atoms with van der Waals surface area (Å²) in [6.07, 6.45) is 0. The van der Waals surface area contributed by atoms with Crippen LogP contribution in [0.4, 0.5) is 0 Å². The van der Waals surface area contributed by atoms with Crippen molar-refractivity contribution in [2.24, 2.45) is 0 Å². The molecule has 1 aliphatic rings. The van der Waals surface area contributed by atoms with Gasteiger partial charge in [0.05, 0.1) is 0 Å². The highest BCUT2D eigenvalue weighted by atomic mass is 16.3. The maximum atomic E-state index is 10.3. The molecular formula is C19H14O3. The molecule has 0 bridgehead atoms. The Kier molecular flexibility index (Phi) is 2.63. The zero-order chi connectivity index (χ0) is 15.3. The SMILES string of the molecule is Oc1cc(O)c(O)c(C2c3ccccc3-c3ccccc32)c1. The monoisotopic (exact) mass is 290 g/mol. The summed E-state index contributed by atoms with van der Waals surface area (Å²) < 4.78 is 0. The van der Waals surface area contributed by atoms with Crippen molar-refractivity contribution in [1.82, 2.24) is 0 Å². The van der Waals surface area contributed by atoms with Gasteiger partial charge in [-0.1, -0.05) is 48.5 Å². The summed E-state index contributed by atoms with van der Waals surface area (Å²) in [6.45, 7) is 0. The van der Waals surface area contributed by atoms with Crippen LogP contribution in [0.25, 0.3) is 11.1 Å². The number of benzene rings is 3. The Balaban J connectivity index is 2.04. The smallest absolute Gasteiger partial charge is 0.161 e. The van der Waals surface area contributed by atoms with Gasteiger partial charge in [-0.25, -0.2) is 0 Å². The Morgan fingerprint density at radius 2 is 1.18 bits per heavy atom. The summed E-state index contributed by atoms with van der Waals surface area (Å²) in [4.78, 5) is 0. The Morgan fingerprint density at radius 1 is 0.636 bits per heavy atom. The molecule has 3 aromatic rings. The topological polar surface area (TPSA) is 60.7 Å². The minimum absolute atomic E-state index is 0.0628. The predicted molar refractivity (Wildman–Crippen MR) is 84.3 cm³/mol. The Labute approximate surface area is 127 Å². The van der Waals surface area contributed by atoms with Crippen molar-refractivity contribution < 1.29 is 15.3 Å². The lowest BCUT2D eigenvalue weighted by Gasteiger charge is -2.16. The molecule has 3 N–H and O–H groups in total. The second-order valence-electron chi connectivity index (χ2n) is 5.51. The number of aromatic hydroxyl groups is 3. The van der Waals surface area contributed by atoms with Crippen LogP contribution in [0.5, 0.6) is 17.2 Å². The fourth-order valence-corrected chi connectivity index (χ4v) is 3.34. The van der Waals surface area contributed by atoms with Gasteiger partial charge >= 0.3 is 0 Å². The molecule has 0 aromatic heterocycles. The standard InChI is InChI=1S/C19H14O3/c20-11-9-16(19(22)17(21)10-11)18-14-7-3-1-5-12(14)13-6-2-4-8-15(13)18/h1-10,18,20-22H. The number of hydrogen-bond donors (Lipinski definition) is 3. The van der Waals surface area contributed by atoms with E-state index in [9.17, 15) is 15.3 Å². The molecule has 0 atom stereocenters. The number of hydrogen-bond acceptors (Lipinski definition) is 3. The van der Waals surface area contributed by atoms with Gasteiger partial charge < -0.3 is 15.3 Å². The van der Waals surface area contributed by atoms with Gasteiger partial charge in [0.25, 0.3) is 0 Å². The van der Waals surface area contributed by atoms with Gasteiger partial charge in [0.1, 0.15) is 5.75 Å². The molecule has 0 heterocycles. The predicted octanol–water partition coefficient (Wildman–Crippen LogP) is 3.96. The molecule has 0 radical (unpaired) electrons. The van der Waals surface area contributed by atoms with E-state index in [1.54, 1.807) is 0 Å². The van der Waals surface area contributed by atoms with E-state index in [0.29, 0.717) is 5.56 Å². The highest BCUT2D eigenvalue weighted by Crippen LogP contribution is 2.51. The zero-order valence-electron chi connectivity index (χ0n) is 11.7. The third kappa shape index (κ3) is 1.69. The molecule has 0 spiro atoms. The molecule has 3 aromatic carbocycles. The second-order valence-corrected chi connectivity index (χ2v) is 5.51. The van der Waals surface area contributed by atoms with Gasteiger partial charge in [-0.3, -0.25) is 0 Å². The molecule has 108 valence electrons. The largest absolute Gasteiger partial charge is 0.508 e. The fourth-order valence-electron chi connectivity index (χ4n) is 3.34. The van der Waals surface area contributed by atoms with Crippen molar-refractivity contribution in [2.45, 2.75) is 5.92 Å². The molecule has 0 saturated heterocycles. The number of rotatable bonds is 1. The van der Waals surface area contributed by atoms with E-state index >= 15 is 0 Å². The Bertz CT molecular complexity index is 838. The van der Waals surface area contributed by atoms with Crippen LogP contribution >= 0.6 is 0 Å². The lowest BCUT2D eigenvalue weighted by Crippen LogP contribution is -1.99. The van der Waals surface area contributed by atoms with E-state index in [4.69, 9.17) is 0 Å². The van der Waals surface area contributed by atoms with E-state index in [0.717, 1.165) is 28.3 Å². The second kappa shape index (κ2) is 4.53. The molecule has 0 unspecified atom stereocenters. The van der Waals surface area contributed by atoms with Crippen LogP contribution in [-0.2, 0) is 0 Å². The average molecular weight is 290 g/mol. The molecule has 1 aliphatic carbocycles. The third-order valence-corrected chi connectivity index (χ3v) is 4.25. The maximum Gasteiger partial charge on any atom is 0.161 e. The van der Waals surface area contributed by atoms with E-state index in [2.05, 4.69) is 0 Å². The molecule has 0 amide bonds. The molecule has 0 aliphatic heterocycles. The van der Waals surface area contributed by atoms with Gasteiger partial charge in [-0.2, -0.15) is 0 Å². The van der Waals surface area contributed by atoms with Crippen LogP contribution in [-0.4, -0.2) is 15.3 Å². The van der Waals surface area contributed by atoms with Crippen molar-refractivity contribution in [3.05, 3.63) is 77.4 Å². The minimum atomic E-state index is -0.308. The van der Waals surface area contributed by atoms with Crippen LogP contribution in [0.15, 0.2) is 60.7 Å². The number of phenols is 3. The first-order valence-corrected chi connectivity index (χ1v) is 7.10. The number of fused-ring (bicyclic) bond motifs is 3. The van der Waals surface area contributed by atoms with Crippen molar-refractivity contribution in [2.75, 3.05) is 0 Å². The lowest BCUT2D eigenvalue weighted by atomic mass is 9.88. The minimum Gasteiger partial charge on any atom is -0.508 e. The van der Waals surface area contributed by atoms with Crippen molar-refractivity contribution in [1.29, 1.82) is 0 Å². The lowest BCUT2D eigenvalue weighted by molar-refractivity contribution is 0.391. The first-order chi connectivity index (χ1) is 10.7. The van der Waals surface area contributed by atoms with Crippen LogP contribution in [0.1, 0.15) is 22.6 Å². The quantitative estimate of drug-likeness (QED) is 0.367. The van der Waals surface area contributed by atoms with Crippen molar-refractivity contribution in [3.63, 3.8) is 0 Å². The van der Waals surface area contributed by atoms with Crippen LogP contribution < -0.4 is 0 Å². The van der Waals surface area contributed by atoms with E-state index in [1.807, 2.05) is 48.5 Å². The summed E-state index contributed by atoms with van der Waals surface area (Å²) in [6, 6.07) is 18.7. The van der Waals surface area contributed by atoms with Gasteiger partial charge in [0.15, 0.2) is 11.5 Å². The molecule has 22 heavy (non-hydrogen) atoms. The van der Waals surface area contributed by atoms with Crippen LogP contribution in [0.2, 0.25) is 0 Å². The number of phenolic OH excluding ortho intramolecular Hbond substituents is 3. The molecule has 3 nitrogen and oxygen atoms in total. The Hall–Kier alpha value is -2.94. The van der Waals surface area contributed by atoms with Gasteiger partial charge in [-0.15, -0.1) is 0 Å². The maximum absolute atomic E-state index is 10.3. The van der Waals surface area contributed by atoms with E-state index in [-0.39, 0.29) is 23.2 Å². The highest BCUT2D eigenvalue weighted by Gasteiger charge is 2.31. The van der Waals surface area contributed by atoms with Gasteiger partial charge in [-0.05, 0) is 28.3 Å². The first kappa shape index (κ1) is 12.8. The first-order valence-electron chi connectivity index (χ1n) is 7.10. The van der Waals surface area contributed by atoms with Crippen LogP contribution in [0.3, 0.4) is 0 Å². The fraction of sp³-hybridized carbons (Fsp3) is 0.0526. The average Bonchev–Trinajstić information content (AvgIpc) is 2.85. The molecular weight excluding hydrogens is 276 g/mol. The zero-order valence-corrected chi connectivity index (χ0v) is 11.7. The summed E-state index contributed by atoms with van der Waals surface area (Å²) in [5, 5.41) is 29.9. The molecule has 3 heteroatoms. The van der Waals surface area contributed by atoms with Crippen molar-refractivity contribution >= 4 is 0 Å². The summed E-state index contributed by atoms with van der Waals surface area (Å²) >= 11 is 0. The van der Waals surface area contributed by atoms with Gasteiger partial charge in [0, 0.05) is 17.5 Å².